The van der Waals surface area contributed by atoms with Crippen molar-refractivity contribution >= 4 is 35.6 Å². The lowest BCUT2D eigenvalue weighted by Crippen LogP contribution is -2.50. The summed E-state index contributed by atoms with van der Waals surface area (Å²) in [5.41, 5.74) is 2.16. The highest BCUT2D eigenvalue weighted by atomic mass is 16.7. The van der Waals surface area contributed by atoms with Gasteiger partial charge in [-0.3, -0.25) is 53.2 Å². The number of amides is 3. The van der Waals surface area contributed by atoms with Crippen LogP contribution in [0.3, 0.4) is 0 Å². The monoisotopic (exact) mass is 617 g/mol. The smallest absolute Gasteiger partial charge is 0.317 e. The van der Waals surface area contributed by atoms with Crippen LogP contribution >= 0.6 is 0 Å². The van der Waals surface area contributed by atoms with Crippen LogP contribution in [0.2, 0.25) is 0 Å². The first-order valence-electron chi connectivity index (χ1n) is 14.5. The second-order valence-electron chi connectivity index (χ2n) is 10.3. The topological polar surface area (TPSA) is 221 Å². The number of carboxylic acid groups (broad SMARTS) is 3. The normalized spacial score (nSPS) is 16.4. The molecule has 1 rings (SSSR count). The zero-order valence-corrected chi connectivity index (χ0v) is 24.9. The summed E-state index contributed by atoms with van der Waals surface area (Å²) in [7, 11) is 0. The molecule has 0 saturated carbocycles. The van der Waals surface area contributed by atoms with Gasteiger partial charge in [-0.15, -0.1) is 0 Å². The second kappa shape index (κ2) is 22.2. The number of carboxylic acids is 3. The van der Waals surface area contributed by atoms with Crippen LogP contribution < -0.4 is 16.1 Å². The zero-order chi connectivity index (χ0) is 32.0. The standard InChI is InChI=1S/C26H47N7O10/c1-2-3-4-6-27-23(36)20-43-29-21(34)5-7-28-22(35)16-30-8-10-31(17-24(37)38)12-14-33(19-26(41)42)15-13-32(11-9-30)18-25(39)40/h2-20H2,1H3,(H,27,36)(H,28,35)(H,29,34)(H,37,38)(H,39,40)(H,41,42). The number of carbonyl (C=O) groups is 6. The lowest BCUT2D eigenvalue weighted by Gasteiger charge is -2.32. The number of hydrogen-bond donors (Lipinski definition) is 6. The average Bonchev–Trinajstić information content (AvgIpc) is 2.91. The predicted molar refractivity (Wildman–Crippen MR) is 153 cm³/mol. The SMILES string of the molecule is CCCCCNC(=O)CONC(=O)CCNC(=O)CN1CCN(CC(=O)O)CCN(CC(=O)O)CCN(CC(=O)O)CC1. The maximum atomic E-state index is 12.6. The fraction of sp³-hybridized carbons (Fsp3) is 0.769. The van der Waals surface area contributed by atoms with Crippen molar-refractivity contribution in [2.75, 3.05) is 98.2 Å². The summed E-state index contributed by atoms with van der Waals surface area (Å²) in [6.07, 6.45) is 2.81. The first-order chi connectivity index (χ1) is 20.5. The summed E-state index contributed by atoms with van der Waals surface area (Å²) < 4.78 is 0. The van der Waals surface area contributed by atoms with Crippen LogP contribution in [0.25, 0.3) is 0 Å². The number of hydrogen-bond acceptors (Lipinski definition) is 11. The molecule has 1 aliphatic heterocycles. The van der Waals surface area contributed by atoms with Crippen molar-refractivity contribution in [1.29, 1.82) is 0 Å². The van der Waals surface area contributed by atoms with E-state index in [1.165, 1.54) is 0 Å². The molecule has 0 bridgehead atoms. The minimum Gasteiger partial charge on any atom is -0.480 e. The third kappa shape index (κ3) is 20.2. The molecule has 0 aromatic heterocycles. The molecule has 17 heteroatoms. The second-order valence-corrected chi connectivity index (χ2v) is 10.3. The van der Waals surface area contributed by atoms with Gasteiger partial charge in [-0.1, -0.05) is 19.8 Å². The molecule has 1 aliphatic rings. The summed E-state index contributed by atoms with van der Waals surface area (Å²) >= 11 is 0. The minimum atomic E-state index is -1.04. The van der Waals surface area contributed by atoms with Gasteiger partial charge in [0.05, 0.1) is 26.2 Å². The van der Waals surface area contributed by atoms with E-state index < -0.39 is 23.8 Å². The van der Waals surface area contributed by atoms with Gasteiger partial charge in [0.25, 0.3) is 0 Å². The van der Waals surface area contributed by atoms with E-state index in [1.54, 1.807) is 19.6 Å². The van der Waals surface area contributed by atoms with Gasteiger partial charge < -0.3 is 26.0 Å². The highest BCUT2D eigenvalue weighted by Crippen LogP contribution is 2.01. The molecule has 0 spiro atoms. The molecule has 0 aliphatic carbocycles. The fourth-order valence-corrected chi connectivity index (χ4v) is 4.25. The van der Waals surface area contributed by atoms with E-state index in [9.17, 15) is 44.1 Å². The number of unbranched alkanes of at least 4 members (excludes halogenated alkanes) is 2. The molecule has 0 unspecified atom stereocenters. The molecular weight excluding hydrogens is 570 g/mol. The number of hydroxylamine groups is 1. The van der Waals surface area contributed by atoms with Crippen LogP contribution in [-0.2, 0) is 33.6 Å². The van der Waals surface area contributed by atoms with Crippen LogP contribution in [-0.4, -0.2) is 169 Å². The van der Waals surface area contributed by atoms with Crippen LogP contribution in [0.4, 0.5) is 0 Å². The Kier molecular flexibility index (Phi) is 19.4. The summed E-state index contributed by atoms with van der Waals surface area (Å²) in [4.78, 5) is 82.0. The molecule has 17 nitrogen and oxygen atoms in total. The van der Waals surface area contributed by atoms with Gasteiger partial charge in [-0.2, -0.15) is 0 Å². The van der Waals surface area contributed by atoms with Gasteiger partial charge >= 0.3 is 17.9 Å². The van der Waals surface area contributed by atoms with E-state index in [2.05, 4.69) is 23.0 Å². The van der Waals surface area contributed by atoms with Crippen molar-refractivity contribution in [2.45, 2.75) is 32.6 Å². The molecule has 246 valence electrons. The van der Waals surface area contributed by atoms with Gasteiger partial charge in [0.15, 0.2) is 6.61 Å². The van der Waals surface area contributed by atoms with E-state index in [4.69, 9.17) is 4.84 Å². The van der Waals surface area contributed by atoms with Crippen LogP contribution in [0, 0.1) is 0 Å². The van der Waals surface area contributed by atoms with Crippen LogP contribution in [0.5, 0.6) is 0 Å². The molecule has 3 amide bonds. The number of nitrogens with zero attached hydrogens (tertiary/aromatic N) is 4. The molecule has 43 heavy (non-hydrogen) atoms. The Morgan fingerprint density at radius 2 is 1.00 bits per heavy atom. The van der Waals surface area contributed by atoms with Crippen LogP contribution in [0.15, 0.2) is 0 Å². The van der Waals surface area contributed by atoms with Gasteiger partial charge in [0.1, 0.15) is 0 Å². The molecule has 0 atom stereocenters. The molecule has 6 N–H and O–H groups in total. The first-order valence-corrected chi connectivity index (χ1v) is 14.5. The highest BCUT2D eigenvalue weighted by molar-refractivity contribution is 5.80. The maximum absolute atomic E-state index is 12.6. The first kappa shape index (κ1) is 37.6. The maximum Gasteiger partial charge on any atom is 0.317 e. The van der Waals surface area contributed by atoms with Crippen molar-refractivity contribution in [2.24, 2.45) is 0 Å². The lowest BCUT2D eigenvalue weighted by molar-refractivity contribution is -0.140. The summed E-state index contributed by atoms with van der Waals surface area (Å²) in [5, 5.41) is 33.2. The number of aliphatic carboxylic acids is 3. The van der Waals surface area contributed by atoms with E-state index in [0.717, 1.165) is 19.3 Å². The Labute approximate surface area is 251 Å². The molecule has 1 heterocycles. The molecule has 0 aromatic rings. The summed E-state index contributed by atoms with van der Waals surface area (Å²) in [5.74, 6) is -4.36. The minimum absolute atomic E-state index is 0.0147. The van der Waals surface area contributed by atoms with Crippen molar-refractivity contribution in [3.8, 4) is 0 Å². The average molecular weight is 618 g/mol. The van der Waals surface area contributed by atoms with Gasteiger partial charge in [0.2, 0.25) is 17.7 Å². The highest BCUT2D eigenvalue weighted by Gasteiger charge is 2.21. The van der Waals surface area contributed by atoms with E-state index in [-0.39, 0.29) is 96.8 Å². The fourth-order valence-electron chi connectivity index (χ4n) is 4.25. The predicted octanol–water partition coefficient (Wildman–Crippen LogP) is -2.68. The number of nitrogens with one attached hydrogen (secondary N) is 3. The number of carbonyl (C=O) groups excluding carboxylic acids is 3. The molecular formula is C26H47N7O10. The molecule has 1 saturated heterocycles. The van der Waals surface area contributed by atoms with Crippen molar-refractivity contribution in [3.05, 3.63) is 0 Å². The number of rotatable bonds is 18. The molecule has 0 radical (unpaired) electrons. The van der Waals surface area contributed by atoms with Crippen molar-refractivity contribution in [1.82, 2.24) is 35.7 Å². The Morgan fingerprint density at radius 3 is 1.42 bits per heavy atom. The Hall–Kier alpha value is -3.38. The third-order valence-electron chi connectivity index (χ3n) is 6.54. The van der Waals surface area contributed by atoms with E-state index in [0.29, 0.717) is 19.6 Å². The van der Waals surface area contributed by atoms with Gasteiger partial charge in [-0.05, 0) is 6.42 Å². The van der Waals surface area contributed by atoms with Crippen molar-refractivity contribution in [3.63, 3.8) is 0 Å². The Balaban J connectivity index is 2.62. The molecule has 1 fully saturated rings. The Morgan fingerprint density at radius 1 is 0.581 bits per heavy atom. The van der Waals surface area contributed by atoms with E-state index >= 15 is 0 Å². The van der Waals surface area contributed by atoms with Crippen LogP contribution in [0.1, 0.15) is 32.6 Å². The lowest BCUT2D eigenvalue weighted by atomic mass is 10.2. The summed E-state index contributed by atoms with van der Waals surface area (Å²) in [6, 6.07) is 0. The Bertz CT molecular complexity index is 876. The van der Waals surface area contributed by atoms with E-state index in [1.807, 2.05) is 0 Å². The zero-order valence-electron chi connectivity index (χ0n) is 24.9. The van der Waals surface area contributed by atoms with Crippen molar-refractivity contribution < 1.29 is 48.9 Å². The van der Waals surface area contributed by atoms with Gasteiger partial charge in [0, 0.05) is 71.9 Å². The van der Waals surface area contributed by atoms with Gasteiger partial charge in [-0.25, -0.2) is 5.48 Å². The largest absolute Gasteiger partial charge is 0.480 e. The third-order valence-corrected chi connectivity index (χ3v) is 6.54. The summed E-state index contributed by atoms with van der Waals surface area (Å²) in [6.45, 7) is 3.70. The molecule has 0 aromatic carbocycles. The quantitative estimate of drug-likeness (QED) is 0.0682.